The maximum absolute atomic E-state index is 14.7. The summed E-state index contributed by atoms with van der Waals surface area (Å²) in [5.41, 5.74) is -1.43. The maximum atomic E-state index is 14.7. The van der Waals surface area contributed by atoms with Crippen molar-refractivity contribution in [2.75, 3.05) is 11.9 Å². The Labute approximate surface area is 238 Å². The van der Waals surface area contributed by atoms with E-state index in [4.69, 9.17) is 11.6 Å². The van der Waals surface area contributed by atoms with Crippen LogP contribution in [0.25, 0.3) is 27.4 Å². The molecule has 3 aromatic carbocycles. The smallest absolute Gasteiger partial charge is 0.359 e. The Morgan fingerprint density at radius 1 is 0.952 bits per heavy atom. The number of hydrogen-bond donors (Lipinski definition) is 2. The summed E-state index contributed by atoms with van der Waals surface area (Å²) in [5, 5.41) is 18.3. The van der Waals surface area contributed by atoms with Crippen molar-refractivity contribution >= 4 is 44.9 Å². The molecule has 0 atom stereocenters. The normalized spacial score (nSPS) is 11.5. The first-order valence-electron chi connectivity index (χ1n) is 12.5. The van der Waals surface area contributed by atoms with Crippen LogP contribution in [0, 0.1) is 17.5 Å². The summed E-state index contributed by atoms with van der Waals surface area (Å²) in [7, 11) is 0. The van der Waals surface area contributed by atoms with Crippen molar-refractivity contribution in [1.29, 1.82) is 0 Å². The Balaban J connectivity index is 1.54. The lowest BCUT2D eigenvalue weighted by molar-refractivity contribution is 0.270. The van der Waals surface area contributed by atoms with Crippen LogP contribution in [-0.4, -0.2) is 40.6 Å². The quantitative estimate of drug-likeness (QED) is 0.267. The van der Waals surface area contributed by atoms with Crippen molar-refractivity contribution in [2.45, 2.75) is 13.1 Å². The predicted octanol–water partition coefficient (Wildman–Crippen LogP) is 4.15. The van der Waals surface area contributed by atoms with Crippen molar-refractivity contribution in [3.63, 3.8) is 0 Å². The second-order valence-corrected chi connectivity index (χ2v) is 9.70. The first-order valence-corrected chi connectivity index (χ1v) is 12.9. The molecular weight excluding hydrogens is 575 g/mol. The molecule has 3 aromatic heterocycles. The highest BCUT2D eigenvalue weighted by atomic mass is 35.5. The van der Waals surface area contributed by atoms with Gasteiger partial charge in [0.15, 0.2) is 11.6 Å². The lowest BCUT2D eigenvalue weighted by Crippen LogP contribution is -2.42. The fourth-order valence-corrected chi connectivity index (χ4v) is 4.81. The van der Waals surface area contributed by atoms with Crippen molar-refractivity contribution in [3.8, 4) is 5.69 Å². The molecule has 0 aliphatic carbocycles. The van der Waals surface area contributed by atoms with Gasteiger partial charge in [-0.2, -0.15) is 10.1 Å². The number of fused-ring (bicyclic) bond motifs is 2. The van der Waals surface area contributed by atoms with Gasteiger partial charge in [0, 0.05) is 40.2 Å². The largest absolute Gasteiger partial charge is 0.394 e. The molecule has 6 aromatic rings. The summed E-state index contributed by atoms with van der Waals surface area (Å²) in [4.78, 5) is 35.5. The van der Waals surface area contributed by atoms with Gasteiger partial charge in [-0.25, -0.2) is 27.3 Å². The zero-order valence-corrected chi connectivity index (χ0v) is 22.2. The third-order valence-corrected chi connectivity index (χ3v) is 6.91. The van der Waals surface area contributed by atoms with E-state index >= 15 is 0 Å². The van der Waals surface area contributed by atoms with Gasteiger partial charge in [0.1, 0.15) is 5.82 Å². The van der Waals surface area contributed by atoms with E-state index in [1.807, 2.05) is 0 Å². The molecule has 42 heavy (non-hydrogen) atoms. The number of aliphatic hydroxyl groups excluding tert-OH is 1. The van der Waals surface area contributed by atoms with Gasteiger partial charge in [-0.05, 0) is 18.2 Å². The van der Waals surface area contributed by atoms with Crippen LogP contribution in [0.1, 0.15) is 5.56 Å². The van der Waals surface area contributed by atoms with Crippen molar-refractivity contribution in [2.24, 2.45) is 0 Å². The van der Waals surface area contributed by atoms with Crippen LogP contribution >= 0.6 is 11.6 Å². The first kappa shape index (κ1) is 27.2. The Hall–Kier alpha value is -5.01. The molecule has 0 saturated heterocycles. The molecule has 0 radical (unpaired) electrons. The Kier molecular flexibility index (Phi) is 6.96. The fraction of sp³-hybridized carbons (Fsp3) is 0.107. The number of aromatic nitrogens is 6. The standard InChI is InChI=1S/C28H19ClF3N7O3/c29-19-9-23-17(13-37(36-23)5-6-40)8-24(19)34-26-35-27(41)39(25-12-33-11-15-3-1-2-4-18(15)25)28(42)38(26)14-16-7-21(31)22(32)10-20(16)30/h1-4,7-13,40H,5-6,14H2,(H,34,35,41). The molecule has 3 heterocycles. The molecule has 0 aliphatic heterocycles. The monoisotopic (exact) mass is 593 g/mol. The van der Waals surface area contributed by atoms with E-state index in [1.165, 1.54) is 16.9 Å². The molecule has 0 aliphatic rings. The molecular formula is C28H19ClF3N7O3. The lowest BCUT2D eigenvalue weighted by Gasteiger charge is -2.17. The van der Waals surface area contributed by atoms with Crippen LogP contribution in [0.4, 0.5) is 24.8 Å². The van der Waals surface area contributed by atoms with E-state index in [9.17, 15) is 27.9 Å². The number of hydrogen-bond acceptors (Lipinski definition) is 7. The van der Waals surface area contributed by atoms with Crippen LogP contribution in [0.3, 0.4) is 0 Å². The lowest BCUT2D eigenvalue weighted by atomic mass is 10.1. The second-order valence-electron chi connectivity index (χ2n) is 9.29. The molecule has 14 heteroatoms. The van der Waals surface area contributed by atoms with E-state index in [0.29, 0.717) is 33.8 Å². The molecule has 0 saturated carbocycles. The number of aliphatic hydroxyl groups is 1. The number of halogens is 4. The number of anilines is 2. The summed E-state index contributed by atoms with van der Waals surface area (Å²) >= 11 is 6.47. The van der Waals surface area contributed by atoms with Gasteiger partial charge in [-0.1, -0.05) is 35.9 Å². The van der Waals surface area contributed by atoms with E-state index in [0.717, 1.165) is 9.13 Å². The highest BCUT2D eigenvalue weighted by molar-refractivity contribution is 6.34. The van der Waals surface area contributed by atoms with Gasteiger partial charge in [0.25, 0.3) is 0 Å². The summed E-state index contributed by atoms with van der Waals surface area (Å²) in [6.45, 7) is -0.507. The van der Waals surface area contributed by atoms with Crippen LogP contribution in [-0.2, 0) is 13.1 Å². The molecule has 0 unspecified atom stereocenters. The summed E-state index contributed by atoms with van der Waals surface area (Å²) in [6.07, 6.45) is 4.54. The van der Waals surface area contributed by atoms with Crippen molar-refractivity contribution < 1.29 is 18.3 Å². The first-order chi connectivity index (χ1) is 20.2. The van der Waals surface area contributed by atoms with E-state index in [-0.39, 0.29) is 41.1 Å². The average Bonchev–Trinajstić information content (AvgIpc) is 3.34. The highest BCUT2D eigenvalue weighted by Gasteiger charge is 2.20. The number of rotatable bonds is 7. The van der Waals surface area contributed by atoms with E-state index in [2.05, 4.69) is 20.4 Å². The zero-order chi connectivity index (χ0) is 29.5. The molecule has 10 nitrogen and oxygen atoms in total. The highest BCUT2D eigenvalue weighted by Crippen LogP contribution is 2.30. The van der Waals surface area contributed by atoms with Crippen LogP contribution in [0.2, 0.25) is 5.02 Å². The summed E-state index contributed by atoms with van der Waals surface area (Å²) < 4.78 is 45.7. The number of nitrogens with zero attached hydrogens (tertiary/aromatic N) is 6. The minimum atomic E-state index is -1.39. The topological polar surface area (TPSA) is 120 Å². The fourth-order valence-electron chi connectivity index (χ4n) is 4.60. The van der Waals surface area contributed by atoms with Gasteiger partial charge < -0.3 is 10.4 Å². The van der Waals surface area contributed by atoms with Crippen molar-refractivity contribution in [3.05, 3.63) is 116 Å². The van der Waals surface area contributed by atoms with Crippen molar-refractivity contribution in [1.82, 2.24) is 28.9 Å². The third kappa shape index (κ3) is 4.88. The molecule has 0 spiro atoms. The van der Waals surface area contributed by atoms with E-state index in [1.54, 1.807) is 42.7 Å². The van der Waals surface area contributed by atoms with Gasteiger partial charge in [0.05, 0.1) is 47.8 Å². The van der Waals surface area contributed by atoms with Gasteiger partial charge >= 0.3 is 11.4 Å². The van der Waals surface area contributed by atoms with Crippen LogP contribution in [0.15, 0.2) is 76.7 Å². The summed E-state index contributed by atoms with van der Waals surface area (Å²) in [5.74, 6) is -4.15. The Morgan fingerprint density at radius 3 is 2.55 bits per heavy atom. The third-order valence-electron chi connectivity index (χ3n) is 6.59. The molecule has 0 fully saturated rings. The Morgan fingerprint density at radius 2 is 1.74 bits per heavy atom. The van der Waals surface area contributed by atoms with E-state index < -0.39 is 35.4 Å². The molecule has 0 bridgehead atoms. The maximum Gasteiger partial charge on any atom is 0.359 e. The Bertz CT molecular complexity index is 2120. The van der Waals surface area contributed by atoms with Crippen LogP contribution < -0.4 is 16.7 Å². The van der Waals surface area contributed by atoms with Gasteiger partial charge in [-0.3, -0.25) is 14.2 Å². The molecule has 2 N–H and O–H groups in total. The summed E-state index contributed by atoms with van der Waals surface area (Å²) in [6, 6.07) is 11.0. The zero-order valence-electron chi connectivity index (χ0n) is 21.4. The number of benzene rings is 3. The molecule has 0 amide bonds. The SMILES string of the molecule is O=c1nc(Nc2cc3cn(CCO)nc3cc2Cl)n(Cc2cc(F)c(F)cc2F)c(=O)n1-c1cncc2ccccc12. The van der Waals surface area contributed by atoms with Crippen LogP contribution in [0.5, 0.6) is 0 Å². The molecule has 6 rings (SSSR count). The number of pyridine rings is 1. The predicted molar refractivity (Wildman–Crippen MR) is 150 cm³/mol. The number of nitrogens with one attached hydrogen (secondary N) is 1. The second kappa shape index (κ2) is 10.8. The van der Waals surface area contributed by atoms with Gasteiger partial charge in [-0.15, -0.1) is 0 Å². The average molecular weight is 594 g/mol. The van der Waals surface area contributed by atoms with Gasteiger partial charge in [0.2, 0.25) is 5.95 Å². The molecule has 212 valence electrons. The minimum absolute atomic E-state index is 0.123. The minimum Gasteiger partial charge on any atom is -0.394 e.